The number of thiocarbonyl (C=S) groups is 1. The molecule has 90 valence electrons. The van der Waals surface area contributed by atoms with Gasteiger partial charge in [-0.05, 0) is 41.5 Å². The van der Waals surface area contributed by atoms with Crippen LogP contribution in [0, 0.1) is 0 Å². The van der Waals surface area contributed by atoms with E-state index in [4.69, 9.17) is 4.74 Å². The van der Waals surface area contributed by atoms with E-state index in [1.807, 2.05) is 36.4 Å². The molecule has 0 bridgehead atoms. The van der Waals surface area contributed by atoms with Gasteiger partial charge < -0.3 is 4.74 Å². The summed E-state index contributed by atoms with van der Waals surface area (Å²) in [6.45, 7) is 0.195. The smallest absolute Gasteiger partial charge is 0.188 e. The second-order valence-corrected chi connectivity index (χ2v) is 4.57. The molecule has 0 fully saturated rings. The van der Waals surface area contributed by atoms with Crippen LogP contribution < -0.4 is 4.74 Å². The summed E-state index contributed by atoms with van der Waals surface area (Å²) in [6, 6.07) is 16.0. The van der Waals surface area contributed by atoms with E-state index in [2.05, 4.69) is 50.4 Å². The second kappa shape index (κ2) is 6.45. The molecule has 0 heterocycles. The van der Waals surface area contributed by atoms with Crippen LogP contribution in [-0.2, 0) is 0 Å². The van der Waals surface area contributed by atoms with Crippen LogP contribution in [0.2, 0.25) is 0 Å². The number of halogens is 1. The van der Waals surface area contributed by atoms with Crippen LogP contribution in [0.15, 0.2) is 58.0 Å². The molecule has 2 aromatic carbocycles. The summed E-state index contributed by atoms with van der Waals surface area (Å²) in [5.74, 6) is 0.746. The van der Waals surface area contributed by atoms with Crippen LogP contribution in [0.5, 0.6) is 5.75 Å². The molecule has 0 aliphatic heterocycles. The van der Waals surface area contributed by atoms with Gasteiger partial charge in [-0.2, -0.15) is 4.99 Å². The van der Waals surface area contributed by atoms with E-state index < -0.39 is 0 Å². The Morgan fingerprint density at radius 3 is 2.61 bits per heavy atom. The quantitative estimate of drug-likeness (QED) is 0.609. The lowest BCUT2D eigenvalue weighted by Gasteiger charge is -2.07. The second-order valence-electron chi connectivity index (χ2n) is 3.53. The third kappa shape index (κ3) is 3.26. The van der Waals surface area contributed by atoms with E-state index in [9.17, 15) is 0 Å². The van der Waals surface area contributed by atoms with Crippen LogP contribution in [-0.4, -0.2) is 11.9 Å². The molecule has 2 aromatic rings. The highest BCUT2D eigenvalue weighted by Crippen LogP contribution is 2.31. The molecule has 0 radical (unpaired) electrons. The minimum atomic E-state index is 0.195. The molecule has 0 saturated heterocycles. The van der Waals surface area contributed by atoms with Gasteiger partial charge in [0.15, 0.2) is 6.73 Å². The maximum atomic E-state index is 5.39. The normalized spacial score (nSPS) is 9.61. The topological polar surface area (TPSA) is 21.6 Å². The summed E-state index contributed by atoms with van der Waals surface area (Å²) in [6.07, 6.45) is 0. The van der Waals surface area contributed by atoms with Gasteiger partial charge in [0.2, 0.25) is 0 Å². The first kappa shape index (κ1) is 13.0. The van der Waals surface area contributed by atoms with Gasteiger partial charge in [0.05, 0.1) is 5.16 Å². The summed E-state index contributed by atoms with van der Waals surface area (Å²) in [7, 11) is 0. The van der Waals surface area contributed by atoms with Crippen molar-refractivity contribution in [2.45, 2.75) is 0 Å². The van der Waals surface area contributed by atoms with Crippen molar-refractivity contribution < 1.29 is 4.74 Å². The average molecular weight is 320 g/mol. The Morgan fingerprint density at radius 2 is 1.94 bits per heavy atom. The maximum absolute atomic E-state index is 5.39. The largest absolute Gasteiger partial charge is 0.471 e. The van der Waals surface area contributed by atoms with Gasteiger partial charge in [0, 0.05) is 4.47 Å². The zero-order valence-corrected chi connectivity index (χ0v) is 11.9. The molecule has 0 aliphatic rings. The van der Waals surface area contributed by atoms with Crippen molar-refractivity contribution in [2.24, 2.45) is 4.99 Å². The number of benzene rings is 2. The highest BCUT2D eigenvalue weighted by molar-refractivity contribution is 9.10. The van der Waals surface area contributed by atoms with E-state index in [-0.39, 0.29) is 6.73 Å². The van der Waals surface area contributed by atoms with Crippen molar-refractivity contribution >= 4 is 33.3 Å². The van der Waals surface area contributed by atoms with Crippen molar-refractivity contribution in [3.8, 4) is 16.9 Å². The fourth-order valence-electron chi connectivity index (χ4n) is 1.57. The summed E-state index contributed by atoms with van der Waals surface area (Å²) in [5.41, 5.74) is 2.29. The average Bonchev–Trinajstić information content (AvgIpc) is 2.40. The Hall–Kier alpha value is -1.48. The third-order valence-corrected chi connectivity index (χ3v) is 3.17. The first-order valence-corrected chi connectivity index (χ1v) is 6.53. The fraction of sp³-hybridized carbons (Fsp3) is 0.0714. The molecular formula is C14H10BrNOS. The first-order chi connectivity index (χ1) is 8.81. The molecule has 2 rings (SSSR count). The lowest BCUT2D eigenvalue weighted by Crippen LogP contribution is -1.93. The molecule has 0 spiro atoms. The predicted molar refractivity (Wildman–Crippen MR) is 80.1 cm³/mol. The van der Waals surface area contributed by atoms with Crippen molar-refractivity contribution in [1.82, 2.24) is 0 Å². The monoisotopic (exact) mass is 319 g/mol. The van der Waals surface area contributed by atoms with Crippen LogP contribution in [0.3, 0.4) is 0 Å². The van der Waals surface area contributed by atoms with E-state index in [0.29, 0.717) is 0 Å². The summed E-state index contributed by atoms with van der Waals surface area (Å²) in [5, 5.41) is 2.26. The van der Waals surface area contributed by atoms with Crippen molar-refractivity contribution in [2.75, 3.05) is 6.73 Å². The van der Waals surface area contributed by atoms with Gasteiger partial charge in [-0.1, -0.05) is 46.3 Å². The molecule has 4 heteroatoms. The van der Waals surface area contributed by atoms with Crippen molar-refractivity contribution in [3.63, 3.8) is 0 Å². The van der Waals surface area contributed by atoms with E-state index >= 15 is 0 Å². The van der Waals surface area contributed by atoms with Gasteiger partial charge >= 0.3 is 0 Å². The number of ether oxygens (including phenoxy) is 1. The molecule has 0 aliphatic carbocycles. The molecule has 2 nitrogen and oxygen atoms in total. The predicted octanol–water partition coefficient (Wildman–Crippen LogP) is 4.56. The molecule has 0 N–H and O–H groups in total. The van der Waals surface area contributed by atoms with Crippen LogP contribution in [0.25, 0.3) is 11.1 Å². The van der Waals surface area contributed by atoms with Gasteiger partial charge in [0.25, 0.3) is 0 Å². The number of aliphatic imine (C=N–C) groups is 1. The molecule has 18 heavy (non-hydrogen) atoms. The molecule has 0 saturated carbocycles. The molecule has 0 amide bonds. The lowest BCUT2D eigenvalue weighted by molar-refractivity contribution is 0.332. The number of hydrogen-bond acceptors (Lipinski definition) is 3. The Morgan fingerprint density at radius 1 is 1.17 bits per heavy atom. The van der Waals surface area contributed by atoms with Crippen LogP contribution >= 0.6 is 28.1 Å². The first-order valence-electron chi connectivity index (χ1n) is 5.32. The number of hydrogen-bond donors (Lipinski definition) is 0. The zero-order chi connectivity index (χ0) is 12.8. The third-order valence-electron chi connectivity index (χ3n) is 2.39. The lowest BCUT2D eigenvalue weighted by atomic mass is 10.1. The minimum Gasteiger partial charge on any atom is -0.471 e. The Labute approximate surface area is 119 Å². The highest BCUT2D eigenvalue weighted by Gasteiger charge is 2.04. The number of rotatable bonds is 4. The summed E-state index contributed by atoms with van der Waals surface area (Å²) < 4.78 is 6.38. The van der Waals surface area contributed by atoms with Gasteiger partial charge in [-0.15, -0.1) is 0 Å². The van der Waals surface area contributed by atoms with Gasteiger partial charge in [0.1, 0.15) is 5.75 Å². The number of nitrogens with zero attached hydrogens (tertiary/aromatic N) is 1. The minimum absolute atomic E-state index is 0.195. The Bertz CT molecular complexity index is 580. The fourth-order valence-corrected chi connectivity index (χ4v) is 2.21. The zero-order valence-electron chi connectivity index (χ0n) is 9.47. The molecule has 0 unspecified atom stereocenters. The Balaban J connectivity index is 2.23. The van der Waals surface area contributed by atoms with Gasteiger partial charge in [-0.3, -0.25) is 0 Å². The highest BCUT2D eigenvalue weighted by atomic mass is 79.9. The standard InChI is InChI=1S/C14H10BrNOS/c15-14-8-12(17-9-16-10-18)6-7-13(14)11-4-2-1-3-5-11/h1-8H,9H2. The van der Waals surface area contributed by atoms with E-state index in [1.165, 1.54) is 0 Å². The van der Waals surface area contributed by atoms with Crippen LogP contribution in [0.1, 0.15) is 0 Å². The summed E-state index contributed by atoms with van der Waals surface area (Å²) in [4.78, 5) is 3.70. The van der Waals surface area contributed by atoms with Crippen molar-refractivity contribution in [3.05, 3.63) is 53.0 Å². The SMILES string of the molecule is S=C=NCOc1ccc(-c2ccccc2)c(Br)c1. The van der Waals surface area contributed by atoms with E-state index in [0.717, 1.165) is 21.3 Å². The summed E-state index contributed by atoms with van der Waals surface area (Å²) >= 11 is 8.02. The molecule has 0 atom stereocenters. The number of isothiocyanates is 1. The van der Waals surface area contributed by atoms with Crippen LogP contribution in [0.4, 0.5) is 0 Å². The maximum Gasteiger partial charge on any atom is 0.188 e. The van der Waals surface area contributed by atoms with Crippen molar-refractivity contribution in [1.29, 1.82) is 0 Å². The van der Waals surface area contributed by atoms with E-state index in [1.54, 1.807) is 0 Å². The van der Waals surface area contributed by atoms with Gasteiger partial charge in [-0.25, -0.2) is 0 Å². The Kier molecular flexibility index (Phi) is 4.65. The molecule has 0 aromatic heterocycles. The molecular weight excluding hydrogens is 310 g/mol.